The summed E-state index contributed by atoms with van der Waals surface area (Å²) in [7, 11) is 13.2. The summed E-state index contributed by atoms with van der Waals surface area (Å²) in [5, 5.41) is 0. The fourth-order valence-electron chi connectivity index (χ4n) is 3.47. The molecular formula is C26H46Br2N2O4. The van der Waals surface area contributed by atoms with Gasteiger partial charge in [0.1, 0.15) is 11.5 Å². The number of halogens is 2. The summed E-state index contributed by atoms with van der Waals surface area (Å²) in [4.78, 5) is 23.1. The van der Waals surface area contributed by atoms with Crippen molar-refractivity contribution in [3.63, 3.8) is 0 Å². The molecule has 0 heterocycles. The van der Waals surface area contributed by atoms with Crippen LogP contribution in [-0.2, 0) is 0 Å². The van der Waals surface area contributed by atoms with Crippen molar-refractivity contribution in [1.82, 2.24) is 0 Å². The zero-order valence-electron chi connectivity index (χ0n) is 22.1. The van der Waals surface area contributed by atoms with Crippen LogP contribution in [0.1, 0.15) is 72.1 Å². The first-order chi connectivity index (χ1) is 15.1. The van der Waals surface area contributed by atoms with Gasteiger partial charge in [0.25, 0.3) is 0 Å². The highest BCUT2D eigenvalue weighted by molar-refractivity contribution is 5.87. The van der Waals surface area contributed by atoms with Crippen LogP contribution in [0.4, 0.5) is 0 Å². The van der Waals surface area contributed by atoms with Gasteiger partial charge < -0.3 is 52.4 Å². The highest BCUT2D eigenvalue weighted by Crippen LogP contribution is 2.28. The van der Waals surface area contributed by atoms with E-state index in [0.717, 1.165) is 60.3 Å². The molecule has 0 atom stereocenters. The molecule has 1 aromatic carbocycles. The number of carbonyl (C=O) groups is 2. The smallest absolute Gasteiger partial charge is 0.153 e. The Morgan fingerprint density at radius 3 is 1.21 bits per heavy atom. The number of quaternary nitrogens is 2. The Morgan fingerprint density at radius 2 is 0.912 bits per heavy atom. The SMILES string of the molecule is C[N+](C)(C)CCCCCCOc1cc(C=O)c(OCCCCCC[N+](C)(C)C)cc1C=O.[Br-].[Br-]. The fourth-order valence-corrected chi connectivity index (χ4v) is 3.47. The predicted octanol–water partition coefficient (Wildman–Crippen LogP) is -1.39. The van der Waals surface area contributed by atoms with Gasteiger partial charge in [-0.25, -0.2) is 0 Å². The van der Waals surface area contributed by atoms with E-state index in [1.807, 2.05) is 0 Å². The van der Waals surface area contributed by atoms with Crippen LogP contribution < -0.4 is 43.4 Å². The van der Waals surface area contributed by atoms with E-state index >= 15 is 0 Å². The Morgan fingerprint density at radius 1 is 0.588 bits per heavy atom. The van der Waals surface area contributed by atoms with Crippen LogP contribution in [0.5, 0.6) is 11.5 Å². The summed E-state index contributed by atoms with van der Waals surface area (Å²) in [6.45, 7) is 3.40. The van der Waals surface area contributed by atoms with Gasteiger partial charge in [0.05, 0.1) is 79.7 Å². The van der Waals surface area contributed by atoms with E-state index < -0.39 is 0 Å². The molecule has 0 unspecified atom stereocenters. The molecule has 0 saturated carbocycles. The van der Waals surface area contributed by atoms with Gasteiger partial charge in [-0.1, -0.05) is 0 Å². The lowest BCUT2D eigenvalue weighted by Gasteiger charge is -2.23. The summed E-state index contributed by atoms with van der Waals surface area (Å²) < 4.78 is 13.6. The third-order valence-corrected chi connectivity index (χ3v) is 5.36. The van der Waals surface area contributed by atoms with Crippen LogP contribution >= 0.6 is 0 Å². The van der Waals surface area contributed by atoms with Crippen molar-refractivity contribution >= 4 is 12.6 Å². The van der Waals surface area contributed by atoms with Crippen LogP contribution in [0.15, 0.2) is 12.1 Å². The first kappa shape index (κ1) is 35.2. The number of benzene rings is 1. The second-order valence-electron chi connectivity index (χ2n) is 10.7. The second kappa shape index (κ2) is 18.3. The zero-order chi connectivity index (χ0) is 24.0. The molecule has 0 spiro atoms. The number of hydrogen-bond donors (Lipinski definition) is 0. The van der Waals surface area contributed by atoms with Gasteiger partial charge in [-0.3, -0.25) is 9.59 Å². The normalized spacial score (nSPS) is 11.2. The Kier molecular flexibility index (Phi) is 19.0. The second-order valence-corrected chi connectivity index (χ2v) is 10.7. The van der Waals surface area contributed by atoms with Gasteiger partial charge in [0.2, 0.25) is 0 Å². The quantitative estimate of drug-likeness (QED) is 0.117. The van der Waals surface area contributed by atoms with Crippen LogP contribution in [0, 0.1) is 0 Å². The first-order valence-corrected chi connectivity index (χ1v) is 12.0. The summed E-state index contributed by atoms with van der Waals surface area (Å²) in [6.07, 6.45) is 10.3. The third kappa shape index (κ3) is 16.6. The van der Waals surface area contributed by atoms with Crippen molar-refractivity contribution in [2.45, 2.75) is 51.4 Å². The van der Waals surface area contributed by atoms with Gasteiger partial charge in [-0.15, -0.1) is 0 Å². The molecule has 0 saturated heterocycles. The minimum atomic E-state index is 0. The largest absolute Gasteiger partial charge is 1.00 e. The molecule has 0 aliphatic rings. The van der Waals surface area contributed by atoms with E-state index in [4.69, 9.17) is 9.47 Å². The summed E-state index contributed by atoms with van der Waals surface area (Å²) >= 11 is 0. The molecule has 0 aliphatic carbocycles. The molecule has 6 nitrogen and oxygen atoms in total. The minimum Gasteiger partial charge on any atom is -1.00 e. The van der Waals surface area contributed by atoms with E-state index in [1.54, 1.807) is 12.1 Å². The monoisotopic (exact) mass is 608 g/mol. The van der Waals surface area contributed by atoms with Crippen molar-refractivity contribution in [3.05, 3.63) is 23.3 Å². The Hall–Kier alpha value is -0.960. The Labute approximate surface area is 228 Å². The molecule has 0 aliphatic heterocycles. The van der Waals surface area contributed by atoms with E-state index in [2.05, 4.69) is 42.3 Å². The van der Waals surface area contributed by atoms with Crippen LogP contribution in [-0.4, -0.2) is 90.1 Å². The minimum absolute atomic E-state index is 0. The molecule has 1 rings (SSSR count). The van der Waals surface area contributed by atoms with E-state index in [1.165, 1.54) is 25.7 Å². The average Bonchev–Trinajstić information content (AvgIpc) is 2.70. The number of rotatable bonds is 18. The van der Waals surface area contributed by atoms with E-state index in [0.29, 0.717) is 35.8 Å². The standard InChI is InChI=1S/C26H46N2O4.2BrH/c1-27(2,3)15-11-7-9-13-17-31-25-19-24(22-30)26(20-23(25)21-29)32-18-14-10-8-12-16-28(4,5)6;;/h19-22H,7-18H2,1-6H3;2*1H/q+2;;/p-2. The first-order valence-electron chi connectivity index (χ1n) is 12.0. The van der Waals surface area contributed by atoms with Crippen LogP contribution in [0.3, 0.4) is 0 Å². The molecule has 34 heavy (non-hydrogen) atoms. The highest BCUT2D eigenvalue weighted by atomic mass is 79.9. The predicted molar refractivity (Wildman–Crippen MR) is 131 cm³/mol. The topological polar surface area (TPSA) is 52.6 Å². The molecule has 0 amide bonds. The maximum absolute atomic E-state index is 11.5. The van der Waals surface area contributed by atoms with Gasteiger partial charge in [-0.05, 0) is 63.5 Å². The van der Waals surface area contributed by atoms with Gasteiger partial charge in [-0.2, -0.15) is 0 Å². The fraction of sp³-hybridized carbons (Fsp3) is 0.692. The molecule has 0 bridgehead atoms. The summed E-state index contributed by atoms with van der Waals surface area (Å²) in [5.41, 5.74) is 0.858. The molecule has 0 fully saturated rings. The van der Waals surface area contributed by atoms with Crippen molar-refractivity contribution in [2.75, 3.05) is 68.6 Å². The Balaban J connectivity index is 0. The molecule has 0 aromatic heterocycles. The number of hydrogen-bond acceptors (Lipinski definition) is 4. The van der Waals surface area contributed by atoms with Gasteiger partial charge in [0.15, 0.2) is 12.6 Å². The third-order valence-electron chi connectivity index (χ3n) is 5.36. The van der Waals surface area contributed by atoms with Crippen LogP contribution in [0.25, 0.3) is 0 Å². The van der Waals surface area contributed by atoms with E-state index in [9.17, 15) is 9.59 Å². The summed E-state index contributed by atoms with van der Waals surface area (Å²) in [5.74, 6) is 0.919. The summed E-state index contributed by atoms with van der Waals surface area (Å²) in [6, 6.07) is 3.26. The Bertz CT molecular complexity index is 642. The molecule has 1 aromatic rings. The molecule has 0 N–H and O–H groups in total. The number of unbranched alkanes of at least 4 members (excludes halogenated alkanes) is 6. The van der Waals surface area contributed by atoms with Crippen molar-refractivity contribution in [1.29, 1.82) is 0 Å². The van der Waals surface area contributed by atoms with Crippen molar-refractivity contribution in [3.8, 4) is 11.5 Å². The van der Waals surface area contributed by atoms with E-state index in [-0.39, 0.29) is 34.0 Å². The number of ether oxygens (including phenoxy) is 2. The van der Waals surface area contributed by atoms with Crippen molar-refractivity contribution < 1.29 is 62.0 Å². The van der Waals surface area contributed by atoms with Gasteiger partial charge in [0, 0.05) is 0 Å². The lowest BCUT2D eigenvalue weighted by atomic mass is 10.1. The van der Waals surface area contributed by atoms with Gasteiger partial charge >= 0.3 is 0 Å². The number of nitrogens with zero attached hydrogens (tertiary/aromatic N) is 2. The maximum Gasteiger partial charge on any atom is 0.153 e. The van der Waals surface area contributed by atoms with Crippen LogP contribution in [0.2, 0.25) is 0 Å². The maximum atomic E-state index is 11.5. The average molecular weight is 610 g/mol. The lowest BCUT2D eigenvalue weighted by molar-refractivity contribution is -0.870. The zero-order valence-corrected chi connectivity index (χ0v) is 25.3. The lowest BCUT2D eigenvalue weighted by Crippen LogP contribution is -3.00. The van der Waals surface area contributed by atoms with Crippen molar-refractivity contribution in [2.24, 2.45) is 0 Å². The molecular weight excluding hydrogens is 564 g/mol. The highest BCUT2D eigenvalue weighted by Gasteiger charge is 2.12. The molecule has 0 radical (unpaired) electrons. The molecule has 198 valence electrons. The number of carbonyl (C=O) groups excluding carboxylic acids is 2. The molecule has 8 heteroatoms. The number of aldehydes is 2.